The molecule has 10 heteroatoms. The third kappa shape index (κ3) is 11.2. The third-order valence-electron chi connectivity index (χ3n) is 3.61. The molecule has 3 N–H and O–H groups in total. The summed E-state index contributed by atoms with van der Waals surface area (Å²) in [6, 6.07) is 5.97. The van der Waals surface area contributed by atoms with Crippen LogP contribution in [-0.2, 0) is 11.3 Å². The highest BCUT2D eigenvalue weighted by atomic mass is 127. The molecule has 1 rings (SSSR count). The maximum Gasteiger partial charge on any atom is 0.573 e. The van der Waals surface area contributed by atoms with Gasteiger partial charge in [-0.3, -0.25) is 4.79 Å². The molecule has 0 heterocycles. The Morgan fingerprint density at radius 2 is 1.89 bits per heavy atom. The van der Waals surface area contributed by atoms with Crippen LogP contribution in [0.25, 0.3) is 0 Å². The zero-order chi connectivity index (χ0) is 20.3. The van der Waals surface area contributed by atoms with Crippen molar-refractivity contribution in [3.05, 3.63) is 29.8 Å². The second-order valence-electron chi connectivity index (χ2n) is 5.90. The number of benzene rings is 1. The molecule has 0 aromatic heterocycles. The van der Waals surface area contributed by atoms with Crippen molar-refractivity contribution >= 4 is 35.8 Å². The monoisotopic (exact) mass is 516 g/mol. The number of carbonyl (C=O) groups excluding carboxylic acids is 1. The van der Waals surface area contributed by atoms with Gasteiger partial charge in [-0.25, -0.2) is 4.99 Å². The maximum absolute atomic E-state index is 12.5. The van der Waals surface area contributed by atoms with E-state index in [0.29, 0.717) is 24.6 Å². The van der Waals surface area contributed by atoms with Gasteiger partial charge in [0.1, 0.15) is 5.75 Å². The minimum Gasteiger partial charge on any atom is -0.405 e. The van der Waals surface area contributed by atoms with E-state index in [1.165, 1.54) is 18.2 Å². The first kappa shape index (κ1) is 26.3. The van der Waals surface area contributed by atoms with Gasteiger partial charge in [0, 0.05) is 31.1 Å². The van der Waals surface area contributed by atoms with Gasteiger partial charge in [-0.2, -0.15) is 0 Å². The number of nitrogens with one attached hydrogen (secondary N) is 3. The first-order chi connectivity index (χ1) is 12.7. The fourth-order valence-electron chi connectivity index (χ4n) is 2.11. The molecule has 0 radical (unpaired) electrons. The number of ether oxygens (including phenoxy) is 1. The Labute approximate surface area is 180 Å². The van der Waals surface area contributed by atoms with Crippen molar-refractivity contribution in [2.45, 2.75) is 52.6 Å². The van der Waals surface area contributed by atoms with E-state index >= 15 is 0 Å². The molecule has 0 aliphatic rings. The number of hydrogen-bond acceptors (Lipinski definition) is 3. The van der Waals surface area contributed by atoms with Crippen LogP contribution < -0.4 is 20.7 Å². The fourth-order valence-corrected chi connectivity index (χ4v) is 2.11. The summed E-state index contributed by atoms with van der Waals surface area (Å²) in [4.78, 5) is 16.0. The minimum atomic E-state index is -4.76. The minimum absolute atomic E-state index is 0. The second kappa shape index (κ2) is 13.5. The quantitative estimate of drug-likeness (QED) is 0.267. The number of guanidine groups is 1. The Bertz CT molecular complexity index is 627. The molecule has 1 atom stereocenters. The molecule has 0 fully saturated rings. The van der Waals surface area contributed by atoms with E-state index in [0.717, 1.165) is 6.42 Å². The van der Waals surface area contributed by atoms with Crippen LogP contribution in [0, 0.1) is 0 Å². The molecule has 1 amide bonds. The highest BCUT2D eigenvalue weighted by molar-refractivity contribution is 14.0. The summed E-state index contributed by atoms with van der Waals surface area (Å²) in [5, 5.41) is 8.85. The molecule has 1 aromatic carbocycles. The second-order valence-corrected chi connectivity index (χ2v) is 5.90. The lowest BCUT2D eigenvalue weighted by molar-refractivity contribution is -0.274. The molecule has 0 saturated carbocycles. The number of aliphatic imine (C=N–C) groups is 1. The van der Waals surface area contributed by atoms with Crippen LogP contribution in [0.3, 0.4) is 0 Å². The maximum atomic E-state index is 12.5. The number of nitrogens with zero attached hydrogens (tertiary/aromatic N) is 1. The lowest BCUT2D eigenvalue weighted by Crippen LogP contribution is -2.40. The van der Waals surface area contributed by atoms with Crippen LogP contribution in [-0.4, -0.2) is 37.4 Å². The van der Waals surface area contributed by atoms with Crippen molar-refractivity contribution in [2.24, 2.45) is 4.99 Å². The van der Waals surface area contributed by atoms with E-state index in [2.05, 4.69) is 25.7 Å². The predicted molar refractivity (Wildman–Crippen MR) is 114 cm³/mol. The van der Waals surface area contributed by atoms with E-state index in [9.17, 15) is 18.0 Å². The molecule has 0 saturated heterocycles. The molecule has 1 aromatic rings. The van der Waals surface area contributed by atoms with Crippen LogP contribution in [0.15, 0.2) is 29.3 Å². The Hall–Kier alpha value is -1.72. The van der Waals surface area contributed by atoms with Crippen molar-refractivity contribution in [1.29, 1.82) is 0 Å². The molecule has 28 heavy (non-hydrogen) atoms. The highest BCUT2D eigenvalue weighted by Gasteiger charge is 2.31. The van der Waals surface area contributed by atoms with Crippen molar-refractivity contribution in [1.82, 2.24) is 16.0 Å². The number of alkyl halides is 3. The van der Waals surface area contributed by atoms with Gasteiger partial charge in [-0.05, 0) is 26.3 Å². The summed E-state index contributed by atoms with van der Waals surface area (Å²) in [6.07, 6.45) is -3.64. The van der Waals surface area contributed by atoms with Gasteiger partial charge in [-0.15, -0.1) is 37.1 Å². The molecule has 160 valence electrons. The largest absolute Gasteiger partial charge is 0.573 e. The van der Waals surface area contributed by atoms with Crippen molar-refractivity contribution in [2.75, 3.05) is 13.1 Å². The molecule has 6 nitrogen and oxygen atoms in total. The number of halogens is 4. The number of para-hydroxylation sites is 1. The summed E-state index contributed by atoms with van der Waals surface area (Å²) in [5.74, 6) is 0.0600. The Kier molecular flexibility index (Phi) is 12.6. The average Bonchev–Trinajstić information content (AvgIpc) is 2.59. The zero-order valence-corrected chi connectivity index (χ0v) is 18.6. The van der Waals surface area contributed by atoms with Crippen LogP contribution in [0.2, 0.25) is 0 Å². The van der Waals surface area contributed by atoms with Crippen LogP contribution in [0.1, 0.15) is 39.2 Å². The predicted octanol–water partition coefficient (Wildman–Crippen LogP) is 3.56. The van der Waals surface area contributed by atoms with E-state index in [-0.39, 0.29) is 54.6 Å². The Balaban J connectivity index is 0.00000729. The molecular weight excluding hydrogens is 488 g/mol. The lowest BCUT2D eigenvalue weighted by Gasteiger charge is -2.14. The third-order valence-corrected chi connectivity index (χ3v) is 3.61. The van der Waals surface area contributed by atoms with E-state index in [1.807, 2.05) is 20.8 Å². The summed E-state index contributed by atoms with van der Waals surface area (Å²) in [6.45, 7) is 6.71. The van der Waals surface area contributed by atoms with Gasteiger partial charge in [0.05, 0.1) is 6.54 Å². The van der Waals surface area contributed by atoms with E-state index in [4.69, 9.17) is 0 Å². The first-order valence-electron chi connectivity index (χ1n) is 8.90. The van der Waals surface area contributed by atoms with Gasteiger partial charge in [0.25, 0.3) is 0 Å². The van der Waals surface area contributed by atoms with Crippen molar-refractivity contribution < 1.29 is 22.7 Å². The van der Waals surface area contributed by atoms with Crippen LogP contribution >= 0.6 is 24.0 Å². The molecule has 0 aliphatic heterocycles. The van der Waals surface area contributed by atoms with E-state index in [1.54, 1.807) is 6.07 Å². The van der Waals surface area contributed by atoms with Crippen LogP contribution in [0.5, 0.6) is 5.75 Å². The van der Waals surface area contributed by atoms with Crippen molar-refractivity contribution in [3.8, 4) is 5.75 Å². The average molecular weight is 516 g/mol. The van der Waals surface area contributed by atoms with Crippen molar-refractivity contribution in [3.63, 3.8) is 0 Å². The van der Waals surface area contributed by atoms with Gasteiger partial charge in [0.15, 0.2) is 5.96 Å². The Morgan fingerprint density at radius 1 is 1.21 bits per heavy atom. The van der Waals surface area contributed by atoms with Gasteiger partial charge < -0.3 is 20.7 Å². The first-order valence-corrected chi connectivity index (χ1v) is 8.90. The summed E-state index contributed by atoms with van der Waals surface area (Å²) in [5.41, 5.74) is 0.307. The summed E-state index contributed by atoms with van der Waals surface area (Å²) >= 11 is 0. The SMILES string of the molecule is CCNC(=NCc1ccccc1OC(F)(F)F)NCCC(=O)NC(C)CC.I. The smallest absolute Gasteiger partial charge is 0.405 e. The topological polar surface area (TPSA) is 74.8 Å². The molecule has 1 unspecified atom stereocenters. The van der Waals surface area contributed by atoms with Crippen LogP contribution in [0.4, 0.5) is 13.2 Å². The molecule has 0 bridgehead atoms. The number of hydrogen-bond donors (Lipinski definition) is 3. The van der Waals surface area contributed by atoms with E-state index < -0.39 is 6.36 Å². The zero-order valence-electron chi connectivity index (χ0n) is 16.2. The summed E-state index contributed by atoms with van der Waals surface area (Å²) in [7, 11) is 0. The fraction of sp³-hybridized carbons (Fsp3) is 0.556. The normalized spacial score (nSPS) is 12.6. The lowest BCUT2D eigenvalue weighted by atomic mass is 10.2. The standard InChI is InChI=1S/C18H27F3N4O2.HI/c1-4-13(3)25-16(26)10-11-23-17(22-5-2)24-12-14-8-6-7-9-15(14)27-18(19,20)21;/h6-9,13H,4-5,10-12H2,1-3H3,(H,25,26)(H2,22,23,24);1H. The number of rotatable bonds is 9. The highest BCUT2D eigenvalue weighted by Crippen LogP contribution is 2.26. The molecular formula is C18H28F3IN4O2. The number of amides is 1. The molecule has 0 aliphatic carbocycles. The molecule has 0 spiro atoms. The summed E-state index contributed by atoms with van der Waals surface area (Å²) < 4.78 is 41.5. The van der Waals surface area contributed by atoms with Gasteiger partial charge in [-0.1, -0.05) is 25.1 Å². The van der Waals surface area contributed by atoms with Gasteiger partial charge in [0.2, 0.25) is 5.91 Å². The Morgan fingerprint density at radius 3 is 2.50 bits per heavy atom. The number of carbonyl (C=O) groups is 1. The van der Waals surface area contributed by atoms with Gasteiger partial charge >= 0.3 is 6.36 Å².